The van der Waals surface area contributed by atoms with Crippen LogP contribution in [-0.4, -0.2) is 33.0 Å². The van der Waals surface area contributed by atoms with Crippen molar-refractivity contribution >= 4 is 21.6 Å². The Labute approximate surface area is 166 Å². The van der Waals surface area contributed by atoms with Crippen molar-refractivity contribution < 1.29 is 17.9 Å². The van der Waals surface area contributed by atoms with Gasteiger partial charge in [-0.2, -0.15) is 0 Å². The first-order valence-electron chi connectivity index (χ1n) is 9.39. The number of sulfonamides is 1. The van der Waals surface area contributed by atoms with Crippen LogP contribution in [0.3, 0.4) is 0 Å². The molecule has 0 aromatic heterocycles. The monoisotopic (exact) mass is 402 g/mol. The molecule has 2 unspecified atom stereocenters. The first-order chi connectivity index (χ1) is 13.2. The Morgan fingerprint density at radius 3 is 2.46 bits per heavy atom. The van der Waals surface area contributed by atoms with Crippen molar-refractivity contribution in [3.05, 3.63) is 53.6 Å². The fourth-order valence-corrected chi connectivity index (χ4v) is 4.48. The van der Waals surface area contributed by atoms with Crippen LogP contribution in [0, 0.1) is 13.8 Å². The van der Waals surface area contributed by atoms with Gasteiger partial charge in [0.15, 0.2) is 6.10 Å². The summed E-state index contributed by atoms with van der Waals surface area (Å²) in [6.45, 7) is 7.59. The highest BCUT2D eigenvalue weighted by molar-refractivity contribution is 7.92. The van der Waals surface area contributed by atoms with Crippen LogP contribution in [0.25, 0.3) is 0 Å². The third kappa shape index (κ3) is 3.99. The third-order valence-corrected chi connectivity index (χ3v) is 6.68. The van der Waals surface area contributed by atoms with E-state index in [-0.39, 0.29) is 23.4 Å². The molecule has 2 atom stereocenters. The maximum atomic E-state index is 13.3. The number of aryl methyl sites for hydroxylation is 2. The van der Waals surface area contributed by atoms with E-state index in [0.29, 0.717) is 11.4 Å². The molecule has 2 aromatic carbocycles. The Morgan fingerprint density at radius 1 is 1.18 bits per heavy atom. The summed E-state index contributed by atoms with van der Waals surface area (Å²) in [7, 11) is -3.83. The van der Waals surface area contributed by atoms with Crippen molar-refractivity contribution in [1.29, 1.82) is 0 Å². The number of carbonyl (C=O) groups is 1. The van der Waals surface area contributed by atoms with Crippen molar-refractivity contribution in [3.63, 3.8) is 0 Å². The second-order valence-electron chi connectivity index (χ2n) is 7.24. The molecule has 2 aromatic rings. The molecule has 28 heavy (non-hydrogen) atoms. The quantitative estimate of drug-likeness (QED) is 0.833. The third-order valence-electron chi connectivity index (χ3n) is 4.89. The average molecular weight is 403 g/mol. The van der Waals surface area contributed by atoms with Gasteiger partial charge in [-0.15, -0.1) is 0 Å². The molecule has 0 bridgehead atoms. The molecule has 0 saturated carbocycles. The molecular weight excluding hydrogens is 376 g/mol. The Kier molecular flexibility index (Phi) is 5.65. The van der Waals surface area contributed by atoms with Crippen molar-refractivity contribution in [1.82, 2.24) is 5.32 Å². The van der Waals surface area contributed by atoms with E-state index in [1.807, 2.05) is 33.8 Å². The van der Waals surface area contributed by atoms with E-state index in [1.165, 1.54) is 4.31 Å². The van der Waals surface area contributed by atoms with Crippen LogP contribution in [0.4, 0.5) is 5.69 Å². The zero-order valence-corrected chi connectivity index (χ0v) is 17.4. The Bertz CT molecular complexity index is 970. The second kappa shape index (κ2) is 7.83. The van der Waals surface area contributed by atoms with Crippen LogP contribution >= 0.6 is 0 Å². The van der Waals surface area contributed by atoms with Gasteiger partial charge < -0.3 is 10.1 Å². The normalized spacial score (nSPS) is 17.4. The molecule has 3 rings (SSSR count). The zero-order valence-electron chi connectivity index (χ0n) is 16.6. The van der Waals surface area contributed by atoms with Crippen molar-refractivity contribution in [2.24, 2.45) is 0 Å². The maximum absolute atomic E-state index is 13.3. The highest BCUT2D eigenvalue weighted by Crippen LogP contribution is 2.37. The molecule has 7 heteroatoms. The minimum atomic E-state index is -3.83. The first kappa shape index (κ1) is 20.2. The fraction of sp³-hybridized carbons (Fsp3) is 0.381. The fourth-order valence-electron chi connectivity index (χ4n) is 3.00. The number of carbonyl (C=O) groups excluding carboxylic acids is 1. The Hall–Kier alpha value is -2.54. The number of nitrogens with one attached hydrogen (secondary N) is 1. The minimum absolute atomic E-state index is 0.0165. The van der Waals surface area contributed by atoms with Gasteiger partial charge in [-0.25, -0.2) is 8.42 Å². The lowest BCUT2D eigenvalue weighted by molar-refractivity contribution is -0.128. The number of anilines is 1. The summed E-state index contributed by atoms with van der Waals surface area (Å²) in [4.78, 5) is 12.8. The van der Waals surface area contributed by atoms with Crippen LogP contribution in [0.5, 0.6) is 5.75 Å². The molecule has 1 amide bonds. The van der Waals surface area contributed by atoms with Crippen molar-refractivity contribution in [2.45, 2.75) is 51.2 Å². The Balaban J connectivity index is 2.01. The predicted molar refractivity (Wildman–Crippen MR) is 109 cm³/mol. The number of fused-ring (bicyclic) bond motifs is 1. The molecule has 0 radical (unpaired) electrons. The van der Waals surface area contributed by atoms with Crippen LogP contribution in [0.15, 0.2) is 47.4 Å². The van der Waals surface area contributed by atoms with E-state index in [0.717, 1.165) is 17.5 Å². The van der Waals surface area contributed by atoms with E-state index in [9.17, 15) is 13.2 Å². The molecule has 0 fully saturated rings. The van der Waals surface area contributed by atoms with Crippen LogP contribution in [0.1, 0.15) is 31.4 Å². The number of hydrogen-bond donors (Lipinski definition) is 1. The number of benzene rings is 2. The Morgan fingerprint density at radius 2 is 1.82 bits per heavy atom. The molecule has 1 heterocycles. The summed E-state index contributed by atoms with van der Waals surface area (Å²) in [5.74, 6) is 0.0804. The summed E-state index contributed by atoms with van der Waals surface area (Å²) in [6.07, 6.45) is -0.136. The van der Waals surface area contributed by atoms with E-state index >= 15 is 0 Å². The lowest BCUT2D eigenvalue weighted by Crippen LogP contribution is -2.52. The summed E-state index contributed by atoms with van der Waals surface area (Å²) in [5.41, 5.74) is 2.34. The van der Waals surface area contributed by atoms with Crippen LogP contribution < -0.4 is 14.4 Å². The SMILES string of the molecule is CCC(C)NC(=O)C1CN(S(=O)(=O)c2ccc(C)cc2)c2ccc(C)cc2O1. The predicted octanol–water partition coefficient (Wildman–Crippen LogP) is 3.17. The standard InChI is InChI=1S/C21H26N2O4S/c1-5-16(4)22-21(24)20-13-23(18-11-8-15(3)12-19(18)27-20)28(25,26)17-9-6-14(2)7-10-17/h6-12,16,20H,5,13H2,1-4H3,(H,22,24). The van der Waals surface area contributed by atoms with Gasteiger partial charge in [0.2, 0.25) is 0 Å². The summed E-state index contributed by atoms with van der Waals surface area (Å²) in [5, 5.41) is 2.88. The number of amides is 1. The van der Waals surface area contributed by atoms with Crippen molar-refractivity contribution in [2.75, 3.05) is 10.8 Å². The first-order valence-corrected chi connectivity index (χ1v) is 10.8. The molecule has 0 spiro atoms. The summed E-state index contributed by atoms with van der Waals surface area (Å²) in [6, 6.07) is 12.0. The van der Waals surface area contributed by atoms with E-state index in [2.05, 4.69) is 5.32 Å². The summed E-state index contributed by atoms with van der Waals surface area (Å²) >= 11 is 0. The number of nitrogens with zero attached hydrogens (tertiary/aromatic N) is 1. The van der Waals surface area contributed by atoms with Gasteiger partial charge in [-0.1, -0.05) is 30.7 Å². The highest BCUT2D eigenvalue weighted by atomic mass is 32.2. The number of rotatable bonds is 5. The van der Waals surface area contributed by atoms with E-state index in [4.69, 9.17) is 4.74 Å². The van der Waals surface area contributed by atoms with Gasteiger partial charge in [0.05, 0.1) is 17.1 Å². The zero-order chi connectivity index (χ0) is 20.5. The number of hydrogen-bond acceptors (Lipinski definition) is 4. The van der Waals surface area contributed by atoms with Gasteiger partial charge >= 0.3 is 0 Å². The molecule has 1 N–H and O–H groups in total. The van der Waals surface area contributed by atoms with Gasteiger partial charge in [0.25, 0.3) is 15.9 Å². The van der Waals surface area contributed by atoms with E-state index in [1.54, 1.807) is 36.4 Å². The smallest absolute Gasteiger partial charge is 0.264 e. The largest absolute Gasteiger partial charge is 0.476 e. The lowest BCUT2D eigenvalue weighted by atomic mass is 10.1. The van der Waals surface area contributed by atoms with Gasteiger partial charge in [0.1, 0.15) is 5.75 Å². The number of ether oxygens (including phenoxy) is 1. The molecule has 1 aliphatic rings. The van der Waals surface area contributed by atoms with Gasteiger partial charge in [-0.05, 0) is 57.0 Å². The average Bonchev–Trinajstić information content (AvgIpc) is 2.66. The second-order valence-corrected chi connectivity index (χ2v) is 9.11. The maximum Gasteiger partial charge on any atom is 0.264 e. The van der Waals surface area contributed by atoms with Crippen LogP contribution in [0.2, 0.25) is 0 Å². The molecule has 150 valence electrons. The van der Waals surface area contributed by atoms with E-state index < -0.39 is 16.1 Å². The molecule has 0 saturated heterocycles. The molecular formula is C21H26N2O4S. The summed E-state index contributed by atoms with van der Waals surface area (Å²) < 4.78 is 33.8. The molecule has 1 aliphatic heterocycles. The molecule has 6 nitrogen and oxygen atoms in total. The van der Waals surface area contributed by atoms with Crippen LogP contribution in [-0.2, 0) is 14.8 Å². The highest BCUT2D eigenvalue weighted by Gasteiger charge is 2.37. The van der Waals surface area contributed by atoms with Crippen molar-refractivity contribution in [3.8, 4) is 5.75 Å². The van der Waals surface area contributed by atoms with Gasteiger partial charge in [-0.3, -0.25) is 9.10 Å². The minimum Gasteiger partial charge on any atom is -0.476 e. The van der Waals surface area contributed by atoms with Gasteiger partial charge in [0, 0.05) is 6.04 Å². The topological polar surface area (TPSA) is 75.7 Å². The lowest BCUT2D eigenvalue weighted by Gasteiger charge is -2.35. The molecule has 0 aliphatic carbocycles.